The predicted octanol–water partition coefficient (Wildman–Crippen LogP) is 3.04. The molecular formula is C17H17ClN2O3S. The number of carbonyl (C=O) groups excluding carboxylic acids is 3. The molecule has 2 N–H and O–H groups in total. The summed E-state index contributed by atoms with van der Waals surface area (Å²) in [6, 6.07) is 10.3. The van der Waals surface area contributed by atoms with Crippen molar-refractivity contribution in [1.29, 1.82) is 0 Å². The molecule has 24 heavy (non-hydrogen) atoms. The molecule has 0 aliphatic heterocycles. The van der Waals surface area contributed by atoms with E-state index in [1.54, 1.807) is 43.4 Å². The van der Waals surface area contributed by atoms with Gasteiger partial charge in [-0.25, -0.2) is 0 Å². The number of benzene rings is 1. The fourth-order valence-corrected chi connectivity index (χ4v) is 3.03. The zero-order chi connectivity index (χ0) is 17.5. The number of ketones is 1. The molecule has 1 aromatic carbocycles. The highest BCUT2D eigenvalue weighted by Gasteiger charge is 2.11. The molecule has 126 valence electrons. The molecule has 1 heterocycles. The number of hydrogen-bond donors (Lipinski definition) is 2. The lowest BCUT2D eigenvalue weighted by Gasteiger charge is -2.06. The minimum Gasteiger partial charge on any atom is -0.355 e. The highest BCUT2D eigenvalue weighted by Crippen LogP contribution is 2.22. The van der Waals surface area contributed by atoms with Crippen LogP contribution in [-0.2, 0) is 11.3 Å². The number of carbonyl (C=O) groups is 3. The van der Waals surface area contributed by atoms with Gasteiger partial charge in [0.25, 0.3) is 5.91 Å². The summed E-state index contributed by atoms with van der Waals surface area (Å²) in [6.07, 6.45) is 0.281. The molecule has 0 spiro atoms. The van der Waals surface area contributed by atoms with Gasteiger partial charge in [0.15, 0.2) is 5.78 Å². The number of amides is 2. The van der Waals surface area contributed by atoms with Crippen molar-refractivity contribution in [2.24, 2.45) is 0 Å². The third-order valence-corrected chi connectivity index (χ3v) is 4.63. The summed E-state index contributed by atoms with van der Waals surface area (Å²) in [4.78, 5) is 35.7. The quantitative estimate of drug-likeness (QED) is 0.741. The van der Waals surface area contributed by atoms with Crippen LogP contribution < -0.4 is 10.6 Å². The average Bonchev–Trinajstić information content (AvgIpc) is 3.04. The van der Waals surface area contributed by atoms with Crippen molar-refractivity contribution < 1.29 is 14.4 Å². The van der Waals surface area contributed by atoms with Crippen molar-refractivity contribution in [2.45, 2.75) is 19.4 Å². The minimum atomic E-state index is -0.193. The summed E-state index contributed by atoms with van der Waals surface area (Å²) in [5.41, 5.74) is 1.44. The summed E-state index contributed by atoms with van der Waals surface area (Å²) < 4.78 is 0.558. The lowest BCUT2D eigenvalue weighted by Crippen LogP contribution is -2.23. The van der Waals surface area contributed by atoms with Gasteiger partial charge in [0.05, 0.1) is 9.21 Å². The number of rotatable bonds is 7. The Morgan fingerprint density at radius 3 is 2.33 bits per heavy atom. The monoisotopic (exact) mass is 364 g/mol. The number of Topliss-reactive ketones (excluding diaryl/α,β-unsaturated/α-hetero) is 1. The van der Waals surface area contributed by atoms with Crippen molar-refractivity contribution in [3.63, 3.8) is 0 Å². The number of hydrogen-bond acceptors (Lipinski definition) is 4. The van der Waals surface area contributed by atoms with Crippen LogP contribution in [0.25, 0.3) is 0 Å². The molecule has 2 aromatic rings. The Bertz CT molecular complexity index is 741. The van der Waals surface area contributed by atoms with Gasteiger partial charge in [-0.1, -0.05) is 23.7 Å². The van der Waals surface area contributed by atoms with Crippen molar-refractivity contribution in [1.82, 2.24) is 10.6 Å². The van der Waals surface area contributed by atoms with Gasteiger partial charge < -0.3 is 10.6 Å². The normalized spacial score (nSPS) is 10.2. The molecule has 0 atom stereocenters. The van der Waals surface area contributed by atoms with Crippen LogP contribution in [0.15, 0.2) is 36.4 Å². The first-order valence-corrected chi connectivity index (χ1v) is 8.55. The van der Waals surface area contributed by atoms with E-state index in [0.29, 0.717) is 21.3 Å². The number of nitrogens with one attached hydrogen (secondary N) is 2. The van der Waals surface area contributed by atoms with Crippen LogP contribution in [0.5, 0.6) is 0 Å². The SMILES string of the molecule is CNC(=O)c1ccc(CNC(=O)CCC(=O)c2ccc(Cl)s2)cc1. The zero-order valence-electron chi connectivity index (χ0n) is 13.1. The fraction of sp³-hybridized carbons (Fsp3) is 0.235. The molecule has 7 heteroatoms. The average molecular weight is 365 g/mol. The molecule has 1 aromatic heterocycles. The molecular weight excluding hydrogens is 348 g/mol. The Morgan fingerprint density at radius 2 is 1.75 bits per heavy atom. The number of thiophene rings is 1. The molecule has 0 aliphatic carbocycles. The standard InChI is InChI=1S/C17H17ClN2O3S/c1-19-17(23)12-4-2-11(3-5-12)10-20-16(22)9-6-13(21)14-7-8-15(18)24-14/h2-5,7-8H,6,9-10H2,1H3,(H,19,23)(H,20,22). The third kappa shape index (κ3) is 5.18. The van der Waals surface area contributed by atoms with E-state index in [-0.39, 0.29) is 30.4 Å². The first-order valence-electron chi connectivity index (χ1n) is 7.36. The highest BCUT2D eigenvalue weighted by molar-refractivity contribution is 7.18. The van der Waals surface area contributed by atoms with Crippen LogP contribution in [0.2, 0.25) is 4.34 Å². The number of halogens is 1. The van der Waals surface area contributed by atoms with Gasteiger partial charge in [0.1, 0.15) is 0 Å². The Balaban J connectivity index is 1.76. The van der Waals surface area contributed by atoms with Crippen LogP contribution in [0.1, 0.15) is 38.4 Å². The summed E-state index contributed by atoms with van der Waals surface area (Å²) >= 11 is 7.00. The third-order valence-electron chi connectivity index (χ3n) is 3.36. The molecule has 0 fully saturated rings. The summed E-state index contributed by atoms with van der Waals surface area (Å²) in [7, 11) is 1.57. The van der Waals surface area contributed by atoms with E-state index in [0.717, 1.165) is 5.56 Å². The van der Waals surface area contributed by atoms with Crippen LogP contribution in [-0.4, -0.2) is 24.6 Å². The van der Waals surface area contributed by atoms with E-state index in [1.807, 2.05) is 0 Å². The van der Waals surface area contributed by atoms with Gasteiger partial charge in [-0.05, 0) is 29.8 Å². The van der Waals surface area contributed by atoms with Crippen molar-refractivity contribution in [3.8, 4) is 0 Å². The van der Waals surface area contributed by atoms with Crippen molar-refractivity contribution in [2.75, 3.05) is 7.05 Å². The summed E-state index contributed by atoms with van der Waals surface area (Å²) in [5.74, 6) is -0.434. The smallest absolute Gasteiger partial charge is 0.251 e. The molecule has 5 nitrogen and oxygen atoms in total. The van der Waals surface area contributed by atoms with Gasteiger partial charge in [-0.15, -0.1) is 11.3 Å². The molecule has 0 radical (unpaired) electrons. The molecule has 2 rings (SSSR count). The molecule has 2 amide bonds. The van der Waals surface area contributed by atoms with E-state index >= 15 is 0 Å². The minimum absolute atomic E-state index is 0.0861. The van der Waals surface area contributed by atoms with E-state index in [2.05, 4.69) is 10.6 Å². The maximum Gasteiger partial charge on any atom is 0.251 e. The lowest BCUT2D eigenvalue weighted by molar-refractivity contribution is -0.121. The molecule has 0 bridgehead atoms. The van der Waals surface area contributed by atoms with Crippen LogP contribution in [0, 0.1) is 0 Å². The van der Waals surface area contributed by atoms with E-state index in [9.17, 15) is 14.4 Å². The fourth-order valence-electron chi connectivity index (χ4n) is 2.02. The Labute approximate surface area is 149 Å². The Kier molecular flexibility index (Phi) is 6.52. The van der Waals surface area contributed by atoms with Crippen LogP contribution in [0.4, 0.5) is 0 Å². The lowest BCUT2D eigenvalue weighted by atomic mass is 10.1. The topological polar surface area (TPSA) is 75.3 Å². The second kappa shape index (κ2) is 8.61. The van der Waals surface area contributed by atoms with Gasteiger partial charge in [-0.3, -0.25) is 14.4 Å². The first kappa shape index (κ1) is 18.2. The predicted molar refractivity (Wildman–Crippen MR) is 94.6 cm³/mol. The van der Waals surface area contributed by atoms with Gasteiger partial charge in [0.2, 0.25) is 5.91 Å². The van der Waals surface area contributed by atoms with E-state index in [1.165, 1.54) is 11.3 Å². The summed E-state index contributed by atoms with van der Waals surface area (Å²) in [5, 5.41) is 5.30. The van der Waals surface area contributed by atoms with Gasteiger partial charge in [0, 0.05) is 32.0 Å². The Hall–Kier alpha value is -2.18. The Morgan fingerprint density at radius 1 is 1.04 bits per heavy atom. The molecule has 0 saturated carbocycles. The molecule has 0 aliphatic rings. The summed E-state index contributed by atoms with van der Waals surface area (Å²) in [6.45, 7) is 0.353. The van der Waals surface area contributed by atoms with E-state index < -0.39 is 0 Å². The molecule has 0 saturated heterocycles. The van der Waals surface area contributed by atoms with Crippen molar-refractivity contribution >= 4 is 40.5 Å². The van der Waals surface area contributed by atoms with Crippen LogP contribution in [0.3, 0.4) is 0 Å². The first-order chi connectivity index (χ1) is 11.5. The van der Waals surface area contributed by atoms with Crippen LogP contribution >= 0.6 is 22.9 Å². The van der Waals surface area contributed by atoms with E-state index in [4.69, 9.17) is 11.6 Å². The van der Waals surface area contributed by atoms with Crippen molar-refractivity contribution in [3.05, 3.63) is 56.7 Å². The van der Waals surface area contributed by atoms with Gasteiger partial charge >= 0.3 is 0 Å². The second-order valence-electron chi connectivity index (χ2n) is 5.08. The maximum absolute atomic E-state index is 11.9. The maximum atomic E-state index is 11.9. The largest absolute Gasteiger partial charge is 0.355 e. The molecule has 0 unspecified atom stereocenters. The zero-order valence-corrected chi connectivity index (χ0v) is 14.7. The second-order valence-corrected chi connectivity index (χ2v) is 6.79. The highest BCUT2D eigenvalue weighted by atomic mass is 35.5. The van der Waals surface area contributed by atoms with Gasteiger partial charge in [-0.2, -0.15) is 0 Å².